The predicted molar refractivity (Wildman–Crippen MR) is 86.6 cm³/mol. The van der Waals surface area contributed by atoms with E-state index < -0.39 is 71.1 Å². The summed E-state index contributed by atoms with van der Waals surface area (Å²) in [5.41, 5.74) is -19.2. The molecule has 4 nitrogen and oxygen atoms in total. The summed E-state index contributed by atoms with van der Waals surface area (Å²) in [5, 5.41) is 0. The number of esters is 2. The minimum atomic E-state index is -7.01. The van der Waals surface area contributed by atoms with Crippen LogP contribution in [0.3, 0.4) is 0 Å². The first-order valence-electron chi connectivity index (χ1n) is 8.21. The first-order chi connectivity index (χ1) is 15.1. The van der Waals surface area contributed by atoms with E-state index in [0.29, 0.717) is 0 Å². The molecule has 0 aliphatic heterocycles. The molecule has 0 heterocycles. The van der Waals surface area contributed by atoms with Crippen LogP contribution < -0.4 is 0 Å². The summed E-state index contributed by atoms with van der Waals surface area (Å²) in [4.78, 5) is 22.0. The van der Waals surface area contributed by atoms with Crippen LogP contribution in [-0.4, -0.2) is 36.5 Å². The molecule has 0 fully saturated rings. The Bertz CT molecular complexity index is 891. The average Bonchev–Trinajstić information content (AvgIpc) is 2.69. The number of halogens is 12. The maximum atomic E-state index is 15.1. The standard InChI is InChI=1S/C18H10F12O4/c1-3-11(31)33-17(27,28)13(19,15(21,22)23)9-7-5-6-8-10(9)14(20,16(24,25)26)18(29,30)34-12(32)4-2/h3-8H,1-2H2. The fraction of sp³-hybridized carbons (Fsp3) is 0.333. The van der Waals surface area contributed by atoms with E-state index >= 15 is 8.78 Å². The van der Waals surface area contributed by atoms with Gasteiger partial charge in [-0.05, 0) is 0 Å². The molecule has 0 bridgehead atoms. The van der Waals surface area contributed by atoms with Gasteiger partial charge in [-0.15, -0.1) is 0 Å². The largest absolute Gasteiger partial charge is 0.449 e. The summed E-state index contributed by atoms with van der Waals surface area (Å²) in [7, 11) is 0. The van der Waals surface area contributed by atoms with Gasteiger partial charge in [0, 0.05) is 23.3 Å². The van der Waals surface area contributed by atoms with Gasteiger partial charge < -0.3 is 9.47 Å². The highest BCUT2D eigenvalue weighted by atomic mass is 19.4. The fourth-order valence-corrected chi connectivity index (χ4v) is 2.51. The van der Waals surface area contributed by atoms with Gasteiger partial charge in [-0.2, -0.15) is 43.9 Å². The number of carbonyl (C=O) groups is 2. The Morgan fingerprint density at radius 3 is 1.09 bits per heavy atom. The smallest absolute Gasteiger partial charge is 0.395 e. The number of ether oxygens (including phenoxy) is 2. The maximum Gasteiger partial charge on any atom is 0.449 e. The highest BCUT2D eigenvalue weighted by Gasteiger charge is 2.80. The molecular weight excluding hydrogens is 508 g/mol. The highest BCUT2D eigenvalue weighted by molar-refractivity contribution is 5.82. The molecule has 0 aliphatic carbocycles. The molecule has 0 amide bonds. The summed E-state index contributed by atoms with van der Waals surface area (Å²) in [6.45, 7) is 5.09. The summed E-state index contributed by atoms with van der Waals surface area (Å²) in [6.07, 6.45) is -27.3. The molecule has 0 aliphatic rings. The van der Waals surface area contributed by atoms with Gasteiger partial charge in [0.05, 0.1) is 0 Å². The van der Waals surface area contributed by atoms with Gasteiger partial charge in [0.1, 0.15) is 0 Å². The van der Waals surface area contributed by atoms with Gasteiger partial charge in [0.25, 0.3) is 0 Å². The predicted octanol–water partition coefficient (Wildman–Crippen LogP) is 5.78. The lowest BCUT2D eigenvalue weighted by Gasteiger charge is -2.39. The molecule has 190 valence electrons. The second-order valence-corrected chi connectivity index (χ2v) is 6.14. The zero-order valence-corrected chi connectivity index (χ0v) is 16.0. The van der Waals surface area contributed by atoms with E-state index in [1.165, 1.54) is 0 Å². The van der Waals surface area contributed by atoms with Crippen molar-refractivity contribution in [3.63, 3.8) is 0 Å². The lowest BCUT2D eigenvalue weighted by atomic mass is 9.81. The van der Waals surface area contributed by atoms with Crippen molar-refractivity contribution in [2.24, 2.45) is 0 Å². The molecule has 2 atom stereocenters. The number of carbonyl (C=O) groups excluding carboxylic acids is 2. The Labute approximate surface area is 181 Å². The van der Waals surface area contributed by atoms with Gasteiger partial charge in [-0.25, -0.2) is 18.4 Å². The number of benzene rings is 1. The van der Waals surface area contributed by atoms with E-state index in [-0.39, 0.29) is 24.3 Å². The van der Waals surface area contributed by atoms with E-state index in [9.17, 15) is 53.5 Å². The number of rotatable bonds is 8. The van der Waals surface area contributed by atoms with Crippen molar-refractivity contribution in [1.82, 2.24) is 0 Å². The minimum Gasteiger partial charge on any atom is -0.395 e. The Kier molecular flexibility index (Phi) is 7.52. The molecule has 1 aromatic carbocycles. The molecule has 34 heavy (non-hydrogen) atoms. The lowest BCUT2D eigenvalue weighted by molar-refractivity contribution is -0.386. The monoisotopic (exact) mass is 518 g/mol. The van der Waals surface area contributed by atoms with Crippen LogP contribution in [-0.2, 0) is 30.4 Å². The van der Waals surface area contributed by atoms with Crippen molar-refractivity contribution in [2.45, 2.75) is 35.9 Å². The van der Waals surface area contributed by atoms with Gasteiger partial charge in [-0.3, -0.25) is 0 Å². The molecule has 0 radical (unpaired) electrons. The van der Waals surface area contributed by atoms with E-state index in [1.807, 2.05) is 0 Å². The normalized spacial score (nSPS) is 16.6. The lowest BCUT2D eigenvalue weighted by Crippen LogP contribution is -2.59. The topological polar surface area (TPSA) is 52.6 Å². The SMILES string of the molecule is C=CC(=O)OC(F)(F)C(F)(c1ccccc1C(F)(C(F)(F)F)C(F)(F)OC(=O)C=C)C(F)(F)F. The molecule has 2 unspecified atom stereocenters. The maximum absolute atomic E-state index is 15.1. The van der Waals surface area contributed by atoms with Crippen LogP contribution in [0, 0.1) is 0 Å². The molecule has 1 aromatic rings. The van der Waals surface area contributed by atoms with Crippen LogP contribution in [0.2, 0.25) is 0 Å². The van der Waals surface area contributed by atoms with Gasteiger partial charge >= 0.3 is 47.8 Å². The molecule has 0 aromatic heterocycles. The number of alkyl halides is 12. The molecule has 1 rings (SSSR count). The van der Waals surface area contributed by atoms with Crippen LogP contribution in [0.1, 0.15) is 11.1 Å². The molecule has 0 saturated heterocycles. The zero-order chi connectivity index (χ0) is 27.0. The van der Waals surface area contributed by atoms with Crippen molar-refractivity contribution in [2.75, 3.05) is 0 Å². The van der Waals surface area contributed by atoms with Crippen molar-refractivity contribution >= 4 is 11.9 Å². The Morgan fingerprint density at radius 2 is 0.882 bits per heavy atom. The van der Waals surface area contributed by atoms with Gasteiger partial charge in [0.2, 0.25) is 0 Å². The van der Waals surface area contributed by atoms with E-state index in [0.717, 1.165) is 0 Å². The van der Waals surface area contributed by atoms with Crippen LogP contribution in [0.25, 0.3) is 0 Å². The van der Waals surface area contributed by atoms with E-state index in [4.69, 9.17) is 0 Å². The average molecular weight is 518 g/mol. The molecule has 16 heteroatoms. The van der Waals surface area contributed by atoms with Crippen LogP contribution in [0.15, 0.2) is 49.6 Å². The minimum absolute atomic E-state index is 0.162. The third-order valence-corrected chi connectivity index (χ3v) is 4.04. The molecular formula is C18H10F12O4. The van der Waals surface area contributed by atoms with Gasteiger partial charge in [0.15, 0.2) is 0 Å². The summed E-state index contributed by atoms with van der Waals surface area (Å²) < 4.78 is 174. The van der Waals surface area contributed by atoms with Crippen molar-refractivity contribution in [3.8, 4) is 0 Å². The first-order valence-corrected chi connectivity index (χ1v) is 8.21. The Hall–Kier alpha value is -3.20. The third-order valence-electron chi connectivity index (χ3n) is 4.04. The van der Waals surface area contributed by atoms with Crippen LogP contribution in [0.5, 0.6) is 0 Å². The number of hydrogen-bond acceptors (Lipinski definition) is 4. The van der Waals surface area contributed by atoms with Crippen molar-refractivity contribution < 1.29 is 71.7 Å². The molecule has 0 saturated carbocycles. The van der Waals surface area contributed by atoms with E-state index in [1.54, 1.807) is 0 Å². The van der Waals surface area contributed by atoms with Crippen LogP contribution in [0.4, 0.5) is 52.7 Å². The first kappa shape index (κ1) is 28.8. The van der Waals surface area contributed by atoms with Crippen LogP contribution >= 0.6 is 0 Å². The third kappa shape index (κ3) is 4.57. The molecule has 0 N–H and O–H groups in total. The van der Waals surface area contributed by atoms with Crippen molar-refractivity contribution in [3.05, 3.63) is 60.7 Å². The van der Waals surface area contributed by atoms with Crippen molar-refractivity contribution in [1.29, 1.82) is 0 Å². The number of hydrogen-bond donors (Lipinski definition) is 0. The second kappa shape index (κ2) is 8.87. The highest BCUT2D eigenvalue weighted by Crippen LogP contribution is 2.60. The summed E-state index contributed by atoms with van der Waals surface area (Å²) in [6, 6.07) is -0.752. The zero-order valence-electron chi connectivity index (χ0n) is 16.0. The molecule has 0 spiro atoms. The Morgan fingerprint density at radius 1 is 0.618 bits per heavy atom. The fourth-order valence-electron chi connectivity index (χ4n) is 2.51. The second-order valence-electron chi connectivity index (χ2n) is 6.14. The summed E-state index contributed by atoms with van der Waals surface area (Å²) in [5.74, 6) is -4.83. The quantitative estimate of drug-likeness (QED) is 0.249. The van der Waals surface area contributed by atoms with E-state index in [2.05, 4.69) is 22.6 Å². The summed E-state index contributed by atoms with van der Waals surface area (Å²) >= 11 is 0. The Balaban J connectivity index is 4.14. The van der Waals surface area contributed by atoms with Gasteiger partial charge in [-0.1, -0.05) is 37.4 Å².